The number of hydrogen-bond donors (Lipinski definition) is 0. The first-order chi connectivity index (χ1) is 10.1. The van der Waals surface area contributed by atoms with E-state index in [9.17, 15) is 0 Å². The van der Waals surface area contributed by atoms with E-state index in [1.54, 1.807) is 0 Å². The van der Waals surface area contributed by atoms with Crippen LogP contribution in [0.5, 0.6) is 0 Å². The topological polar surface area (TPSA) is 19.0 Å². The Balaban J connectivity index is 3.77. The SMILES string of the molecule is CCCCO[SiH2]CCN(CCCN(C)C)CCCN(C)C. The molecule has 0 aliphatic rings. The molecule has 0 saturated heterocycles. The molecule has 0 amide bonds. The smallest absolute Gasteiger partial charge is 0.162 e. The summed E-state index contributed by atoms with van der Waals surface area (Å²) in [6.07, 6.45) is 5.01. The summed E-state index contributed by atoms with van der Waals surface area (Å²) in [6, 6.07) is 1.30. The van der Waals surface area contributed by atoms with Crippen molar-refractivity contribution in [1.29, 1.82) is 0 Å². The van der Waals surface area contributed by atoms with Crippen molar-refractivity contribution in [2.24, 2.45) is 0 Å². The molecule has 0 aromatic heterocycles. The zero-order chi connectivity index (χ0) is 15.9. The Morgan fingerprint density at radius 1 is 0.762 bits per heavy atom. The van der Waals surface area contributed by atoms with Gasteiger partial charge < -0.3 is 19.1 Å². The Labute approximate surface area is 135 Å². The van der Waals surface area contributed by atoms with Gasteiger partial charge in [0.2, 0.25) is 0 Å². The van der Waals surface area contributed by atoms with Crippen LogP contribution in [-0.2, 0) is 4.43 Å². The largest absolute Gasteiger partial charge is 0.424 e. The van der Waals surface area contributed by atoms with Crippen molar-refractivity contribution in [1.82, 2.24) is 14.7 Å². The molecule has 0 aromatic carbocycles. The third-order valence-corrected chi connectivity index (χ3v) is 4.75. The van der Waals surface area contributed by atoms with Crippen molar-refractivity contribution in [3.8, 4) is 0 Å². The predicted molar refractivity (Wildman–Crippen MR) is 97.0 cm³/mol. The molecule has 0 atom stereocenters. The minimum Gasteiger partial charge on any atom is -0.424 e. The molecule has 4 nitrogen and oxygen atoms in total. The molecule has 0 spiro atoms. The van der Waals surface area contributed by atoms with E-state index in [1.165, 1.54) is 64.5 Å². The van der Waals surface area contributed by atoms with Gasteiger partial charge in [-0.15, -0.1) is 0 Å². The molecule has 0 rings (SSSR count). The van der Waals surface area contributed by atoms with Crippen LogP contribution in [0.25, 0.3) is 0 Å². The van der Waals surface area contributed by atoms with Gasteiger partial charge in [0.1, 0.15) is 0 Å². The fourth-order valence-corrected chi connectivity index (χ4v) is 3.48. The van der Waals surface area contributed by atoms with Crippen molar-refractivity contribution >= 4 is 9.76 Å². The molecule has 0 unspecified atom stereocenters. The highest BCUT2D eigenvalue weighted by atomic mass is 28.2. The Kier molecular flexibility index (Phi) is 15.0. The van der Waals surface area contributed by atoms with Crippen LogP contribution >= 0.6 is 0 Å². The highest BCUT2D eigenvalue weighted by Crippen LogP contribution is 1.99. The van der Waals surface area contributed by atoms with E-state index < -0.39 is 0 Å². The second kappa shape index (κ2) is 15.0. The maximum absolute atomic E-state index is 5.81. The molecular formula is C16H39N3OSi. The molecule has 0 bridgehead atoms. The maximum Gasteiger partial charge on any atom is 0.162 e. The summed E-state index contributed by atoms with van der Waals surface area (Å²) in [7, 11) is 8.34. The summed E-state index contributed by atoms with van der Waals surface area (Å²) in [5.74, 6) is 0. The number of nitrogens with zero attached hydrogens (tertiary/aromatic N) is 3. The van der Waals surface area contributed by atoms with Crippen LogP contribution in [0.4, 0.5) is 0 Å². The minimum absolute atomic E-state index is 0.292. The molecule has 0 fully saturated rings. The van der Waals surface area contributed by atoms with E-state index in [0.717, 1.165) is 6.61 Å². The van der Waals surface area contributed by atoms with Crippen molar-refractivity contribution < 1.29 is 4.43 Å². The quantitative estimate of drug-likeness (QED) is 0.337. The number of hydrogen-bond acceptors (Lipinski definition) is 4. The Bertz CT molecular complexity index is 202. The van der Waals surface area contributed by atoms with E-state index in [1.807, 2.05) is 0 Å². The van der Waals surface area contributed by atoms with Gasteiger partial charge >= 0.3 is 0 Å². The first kappa shape index (κ1) is 21.1. The summed E-state index contributed by atoms with van der Waals surface area (Å²) in [5, 5.41) is 0. The van der Waals surface area contributed by atoms with E-state index in [0.29, 0.717) is 0 Å². The minimum atomic E-state index is -0.292. The second-order valence-corrected chi connectivity index (χ2v) is 8.00. The summed E-state index contributed by atoms with van der Waals surface area (Å²) < 4.78 is 5.81. The summed E-state index contributed by atoms with van der Waals surface area (Å²) in [6.45, 7) is 9.29. The summed E-state index contributed by atoms with van der Waals surface area (Å²) >= 11 is 0. The van der Waals surface area contributed by atoms with Gasteiger partial charge in [0.15, 0.2) is 9.76 Å². The van der Waals surface area contributed by atoms with Gasteiger partial charge in [-0.25, -0.2) is 0 Å². The van der Waals surface area contributed by atoms with Gasteiger partial charge in [0, 0.05) is 6.61 Å². The van der Waals surface area contributed by atoms with E-state index in [4.69, 9.17) is 4.43 Å². The lowest BCUT2D eigenvalue weighted by molar-refractivity contribution is 0.246. The number of rotatable bonds is 15. The molecule has 0 heterocycles. The van der Waals surface area contributed by atoms with Crippen LogP contribution < -0.4 is 0 Å². The average molecular weight is 318 g/mol. The standard InChI is InChI=1S/C16H39N3OSi/c1-6-7-15-20-21-16-14-19(12-8-10-17(2)3)13-9-11-18(4)5/h6-16,21H2,1-5H3. The average Bonchev–Trinajstić information content (AvgIpc) is 2.41. The lowest BCUT2D eigenvalue weighted by Gasteiger charge is -2.24. The summed E-state index contributed by atoms with van der Waals surface area (Å²) in [4.78, 5) is 7.20. The Morgan fingerprint density at radius 3 is 1.81 bits per heavy atom. The van der Waals surface area contributed by atoms with Gasteiger partial charge in [0.05, 0.1) is 0 Å². The monoisotopic (exact) mass is 317 g/mol. The van der Waals surface area contributed by atoms with E-state index in [2.05, 4.69) is 49.8 Å². The van der Waals surface area contributed by atoms with Crippen LogP contribution in [0.2, 0.25) is 6.04 Å². The van der Waals surface area contributed by atoms with Crippen molar-refractivity contribution in [2.45, 2.75) is 38.7 Å². The molecule has 5 heteroatoms. The van der Waals surface area contributed by atoms with Gasteiger partial charge in [-0.1, -0.05) is 13.3 Å². The molecule has 21 heavy (non-hydrogen) atoms. The molecule has 0 saturated carbocycles. The third kappa shape index (κ3) is 16.3. The second-order valence-electron chi connectivity index (χ2n) is 6.47. The summed E-state index contributed by atoms with van der Waals surface area (Å²) in [5.41, 5.74) is 0. The number of unbranched alkanes of at least 4 members (excludes halogenated alkanes) is 1. The first-order valence-corrected chi connectivity index (χ1v) is 10.2. The normalized spacial score (nSPS) is 12.6. The van der Waals surface area contributed by atoms with Crippen LogP contribution in [0, 0.1) is 0 Å². The molecule has 0 radical (unpaired) electrons. The molecular weight excluding hydrogens is 278 g/mol. The van der Waals surface area contributed by atoms with Crippen molar-refractivity contribution in [2.75, 3.05) is 67.5 Å². The lowest BCUT2D eigenvalue weighted by atomic mass is 10.3. The predicted octanol–water partition coefficient (Wildman–Crippen LogP) is 1.51. The van der Waals surface area contributed by atoms with Gasteiger partial charge in [0.25, 0.3) is 0 Å². The van der Waals surface area contributed by atoms with Gasteiger partial charge in [-0.2, -0.15) is 0 Å². The first-order valence-electron chi connectivity index (χ1n) is 8.65. The maximum atomic E-state index is 5.81. The molecule has 0 aromatic rings. The molecule has 0 aliphatic carbocycles. The molecule has 128 valence electrons. The van der Waals surface area contributed by atoms with Crippen molar-refractivity contribution in [3.63, 3.8) is 0 Å². The fourth-order valence-electron chi connectivity index (χ4n) is 2.30. The van der Waals surface area contributed by atoms with Crippen LogP contribution in [0.15, 0.2) is 0 Å². The van der Waals surface area contributed by atoms with Gasteiger partial charge in [-0.05, 0) is 86.2 Å². The highest BCUT2D eigenvalue weighted by molar-refractivity contribution is 6.27. The fraction of sp³-hybridized carbons (Fsp3) is 1.00. The zero-order valence-corrected chi connectivity index (χ0v) is 16.6. The van der Waals surface area contributed by atoms with Crippen LogP contribution in [0.1, 0.15) is 32.6 Å². The van der Waals surface area contributed by atoms with Crippen LogP contribution in [0.3, 0.4) is 0 Å². The van der Waals surface area contributed by atoms with Gasteiger partial charge in [-0.3, -0.25) is 0 Å². The Morgan fingerprint density at radius 2 is 1.33 bits per heavy atom. The van der Waals surface area contributed by atoms with Crippen LogP contribution in [-0.4, -0.2) is 92.0 Å². The highest BCUT2D eigenvalue weighted by Gasteiger charge is 2.05. The van der Waals surface area contributed by atoms with E-state index >= 15 is 0 Å². The van der Waals surface area contributed by atoms with Crippen molar-refractivity contribution in [3.05, 3.63) is 0 Å². The zero-order valence-electron chi connectivity index (χ0n) is 15.2. The molecule has 0 aliphatic heterocycles. The lowest BCUT2D eigenvalue weighted by Crippen LogP contribution is -2.31. The third-order valence-electron chi connectivity index (χ3n) is 3.56. The van der Waals surface area contributed by atoms with E-state index in [-0.39, 0.29) is 9.76 Å². The molecule has 0 N–H and O–H groups in total. The Hall–Kier alpha value is 0.0569.